The van der Waals surface area contributed by atoms with Crippen molar-refractivity contribution in [3.05, 3.63) is 59.4 Å². The molecule has 24 heavy (non-hydrogen) atoms. The number of benzene rings is 1. The SMILES string of the molecule is Cn1ccc(-c2cc(Oc3ccc(C(C)(C)C)cc3Cl)ccn2)n1. The van der Waals surface area contributed by atoms with E-state index in [4.69, 9.17) is 16.3 Å². The molecule has 0 unspecified atom stereocenters. The molecule has 1 aromatic carbocycles. The number of ether oxygens (including phenoxy) is 1. The van der Waals surface area contributed by atoms with Gasteiger partial charge in [-0.3, -0.25) is 9.67 Å². The molecular weight excluding hydrogens is 322 g/mol. The van der Waals surface area contributed by atoms with Crippen LogP contribution in [0.15, 0.2) is 48.8 Å². The van der Waals surface area contributed by atoms with Gasteiger partial charge in [-0.25, -0.2) is 0 Å². The Morgan fingerprint density at radius 2 is 1.83 bits per heavy atom. The summed E-state index contributed by atoms with van der Waals surface area (Å²) in [6.07, 6.45) is 3.59. The lowest BCUT2D eigenvalue weighted by Crippen LogP contribution is -2.10. The van der Waals surface area contributed by atoms with Gasteiger partial charge in [-0.05, 0) is 35.2 Å². The van der Waals surface area contributed by atoms with E-state index in [0.717, 1.165) is 11.4 Å². The molecule has 0 saturated carbocycles. The monoisotopic (exact) mass is 341 g/mol. The maximum atomic E-state index is 6.39. The highest BCUT2D eigenvalue weighted by molar-refractivity contribution is 6.32. The predicted octanol–water partition coefficient (Wildman–Crippen LogP) is 5.23. The summed E-state index contributed by atoms with van der Waals surface area (Å²) in [5.74, 6) is 1.30. The fourth-order valence-corrected chi connectivity index (χ4v) is 2.56. The molecule has 124 valence electrons. The standard InChI is InChI=1S/C19H20ClN3O/c1-19(2,3)13-5-6-18(15(20)11-13)24-14-7-9-21-17(12-14)16-8-10-23(4)22-16/h5-12H,1-4H3. The van der Waals surface area contributed by atoms with E-state index in [9.17, 15) is 0 Å². The number of pyridine rings is 1. The van der Waals surface area contributed by atoms with Gasteiger partial charge >= 0.3 is 0 Å². The molecule has 2 aromatic heterocycles. The molecule has 0 saturated heterocycles. The van der Waals surface area contributed by atoms with Gasteiger partial charge in [0.1, 0.15) is 17.2 Å². The van der Waals surface area contributed by atoms with Crippen molar-refractivity contribution < 1.29 is 4.74 Å². The Hall–Kier alpha value is -2.33. The van der Waals surface area contributed by atoms with Crippen LogP contribution in [0.3, 0.4) is 0 Å². The van der Waals surface area contributed by atoms with Gasteiger partial charge in [0.2, 0.25) is 0 Å². The first kappa shape index (κ1) is 16.5. The van der Waals surface area contributed by atoms with Crippen LogP contribution >= 0.6 is 11.6 Å². The summed E-state index contributed by atoms with van der Waals surface area (Å²) < 4.78 is 7.68. The second kappa shape index (κ2) is 6.29. The van der Waals surface area contributed by atoms with E-state index < -0.39 is 0 Å². The smallest absolute Gasteiger partial charge is 0.146 e. The van der Waals surface area contributed by atoms with Gasteiger partial charge in [-0.15, -0.1) is 0 Å². The minimum Gasteiger partial charge on any atom is -0.456 e. The number of aromatic nitrogens is 3. The van der Waals surface area contributed by atoms with Crippen molar-refractivity contribution in [3.8, 4) is 22.9 Å². The summed E-state index contributed by atoms with van der Waals surface area (Å²) in [4.78, 5) is 4.34. The first-order chi connectivity index (χ1) is 11.3. The van der Waals surface area contributed by atoms with Crippen LogP contribution in [0.5, 0.6) is 11.5 Å². The van der Waals surface area contributed by atoms with Crippen LogP contribution in [0, 0.1) is 0 Å². The first-order valence-corrected chi connectivity index (χ1v) is 8.15. The van der Waals surface area contributed by atoms with Gasteiger partial charge in [0.05, 0.1) is 10.7 Å². The Morgan fingerprint density at radius 1 is 1.04 bits per heavy atom. The largest absolute Gasteiger partial charge is 0.456 e. The van der Waals surface area contributed by atoms with E-state index in [1.807, 2.05) is 43.6 Å². The molecule has 0 spiro atoms. The molecule has 0 N–H and O–H groups in total. The summed E-state index contributed by atoms with van der Waals surface area (Å²) in [5, 5.41) is 4.95. The van der Waals surface area contributed by atoms with Gasteiger partial charge in [0, 0.05) is 25.5 Å². The van der Waals surface area contributed by atoms with E-state index >= 15 is 0 Å². The zero-order valence-electron chi connectivity index (χ0n) is 14.2. The minimum absolute atomic E-state index is 0.0466. The highest BCUT2D eigenvalue weighted by atomic mass is 35.5. The molecule has 4 nitrogen and oxygen atoms in total. The van der Waals surface area contributed by atoms with Crippen LogP contribution in [0.25, 0.3) is 11.4 Å². The van der Waals surface area contributed by atoms with E-state index in [-0.39, 0.29) is 5.41 Å². The molecule has 3 rings (SSSR count). The number of nitrogens with zero attached hydrogens (tertiary/aromatic N) is 3. The summed E-state index contributed by atoms with van der Waals surface area (Å²) >= 11 is 6.39. The van der Waals surface area contributed by atoms with Crippen molar-refractivity contribution in [3.63, 3.8) is 0 Å². The average Bonchev–Trinajstić information content (AvgIpc) is 2.95. The Morgan fingerprint density at radius 3 is 2.46 bits per heavy atom. The Balaban J connectivity index is 1.87. The first-order valence-electron chi connectivity index (χ1n) is 7.77. The van der Waals surface area contributed by atoms with Crippen LogP contribution in [0.1, 0.15) is 26.3 Å². The number of halogens is 1. The van der Waals surface area contributed by atoms with Crippen molar-refractivity contribution >= 4 is 11.6 Å². The summed E-state index contributed by atoms with van der Waals surface area (Å²) in [6, 6.07) is 11.5. The van der Waals surface area contributed by atoms with E-state index in [2.05, 4.69) is 30.9 Å². The Kier molecular flexibility index (Phi) is 4.33. The fraction of sp³-hybridized carbons (Fsp3) is 0.263. The topological polar surface area (TPSA) is 39.9 Å². The lowest BCUT2D eigenvalue weighted by Gasteiger charge is -2.20. The Labute approximate surface area is 147 Å². The van der Waals surface area contributed by atoms with Crippen LogP contribution in [-0.2, 0) is 12.5 Å². The summed E-state index contributed by atoms with van der Waals surface area (Å²) in [6.45, 7) is 6.46. The van der Waals surface area contributed by atoms with Crippen LogP contribution in [0.4, 0.5) is 0 Å². The maximum Gasteiger partial charge on any atom is 0.146 e. The van der Waals surface area contributed by atoms with E-state index in [0.29, 0.717) is 16.5 Å². The van der Waals surface area contributed by atoms with Crippen molar-refractivity contribution in [2.45, 2.75) is 26.2 Å². The third-order valence-electron chi connectivity index (χ3n) is 3.73. The normalized spacial score (nSPS) is 11.5. The third-order valence-corrected chi connectivity index (χ3v) is 4.03. The molecule has 0 bridgehead atoms. The summed E-state index contributed by atoms with van der Waals surface area (Å²) in [5.41, 5.74) is 2.78. The van der Waals surface area contributed by atoms with Crippen LogP contribution in [-0.4, -0.2) is 14.8 Å². The van der Waals surface area contributed by atoms with Gasteiger partial charge in [0.25, 0.3) is 0 Å². The highest BCUT2D eigenvalue weighted by Gasteiger charge is 2.16. The maximum absolute atomic E-state index is 6.39. The van der Waals surface area contributed by atoms with Crippen molar-refractivity contribution in [2.24, 2.45) is 7.05 Å². The van der Waals surface area contributed by atoms with Crippen molar-refractivity contribution in [1.82, 2.24) is 14.8 Å². The molecule has 0 amide bonds. The van der Waals surface area contributed by atoms with Crippen LogP contribution < -0.4 is 4.74 Å². The fourth-order valence-electron chi connectivity index (χ4n) is 2.34. The van der Waals surface area contributed by atoms with Crippen molar-refractivity contribution in [1.29, 1.82) is 0 Å². The van der Waals surface area contributed by atoms with Gasteiger partial charge < -0.3 is 4.74 Å². The van der Waals surface area contributed by atoms with Gasteiger partial charge in [-0.2, -0.15) is 5.10 Å². The number of rotatable bonds is 3. The average molecular weight is 342 g/mol. The van der Waals surface area contributed by atoms with Crippen LogP contribution in [0.2, 0.25) is 5.02 Å². The highest BCUT2D eigenvalue weighted by Crippen LogP contribution is 2.34. The third kappa shape index (κ3) is 3.60. The van der Waals surface area contributed by atoms with Gasteiger partial charge in [-0.1, -0.05) is 38.4 Å². The molecule has 0 aliphatic carbocycles. The quantitative estimate of drug-likeness (QED) is 0.655. The van der Waals surface area contributed by atoms with E-state index in [1.54, 1.807) is 16.9 Å². The Bertz CT molecular complexity index is 865. The molecule has 2 heterocycles. The zero-order valence-corrected chi connectivity index (χ0v) is 15.0. The minimum atomic E-state index is 0.0466. The molecular formula is C19H20ClN3O. The lowest BCUT2D eigenvalue weighted by atomic mass is 9.87. The molecule has 0 fully saturated rings. The van der Waals surface area contributed by atoms with Gasteiger partial charge in [0.15, 0.2) is 0 Å². The molecule has 0 aliphatic rings. The van der Waals surface area contributed by atoms with Crippen molar-refractivity contribution in [2.75, 3.05) is 0 Å². The molecule has 0 radical (unpaired) electrons. The number of hydrogen-bond donors (Lipinski definition) is 0. The lowest BCUT2D eigenvalue weighted by molar-refractivity contribution is 0.481. The molecule has 0 aliphatic heterocycles. The number of aryl methyl sites for hydroxylation is 1. The zero-order chi connectivity index (χ0) is 17.3. The summed E-state index contributed by atoms with van der Waals surface area (Å²) in [7, 11) is 1.88. The van der Waals surface area contributed by atoms with E-state index in [1.165, 1.54) is 5.56 Å². The number of hydrogen-bond acceptors (Lipinski definition) is 3. The molecule has 0 atom stereocenters. The second-order valence-electron chi connectivity index (χ2n) is 6.75. The second-order valence-corrected chi connectivity index (χ2v) is 7.16. The molecule has 5 heteroatoms. The predicted molar refractivity (Wildman–Crippen MR) is 96.7 cm³/mol. The molecule has 3 aromatic rings.